The first-order chi connectivity index (χ1) is 12.1. The highest BCUT2D eigenvalue weighted by Crippen LogP contribution is 2.51. The third kappa shape index (κ3) is 1.94. The number of amides is 1. The van der Waals surface area contributed by atoms with Gasteiger partial charge in [-0.1, -0.05) is 30.4 Å². The number of aliphatic carboxylic acids is 1. The zero-order chi connectivity index (χ0) is 17.2. The van der Waals surface area contributed by atoms with Crippen LogP contribution in [0, 0.1) is 11.8 Å². The van der Waals surface area contributed by atoms with E-state index in [4.69, 9.17) is 4.74 Å². The number of hydrogen-bond donors (Lipinski definition) is 2. The van der Waals surface area contributed by atoms with E-state index in [9.17, 15) is 14.7 Å². The number of nitrogens with zero attached hydrogens (tertiary/aromatic N) is 1. The number of aromatic amines is 1. The summed E-state index contributed by atoms with van der Waals surface area (Å²) < 4.78 is 5.91. The molecule has 6 heteroatoms. The Hall–Kier alpha value is -2.60. The van der Waals surface area contributed by atoms with Gasteiger partial charge >= 0.3 is 5.97 Å². The first-order valence-electron chi connectivity index (χ1n) is 8.53. The van der Waals surface area contributed by atoms with Crippen LogP contribution in [0.1, 0.15) is 5.56 Å². The van der Waals surface area contributed by atoms with Gasteiger partial charge in [-0.25, -0.2) is 0 Å². The van der Waals surface area contributed by atoms with E-state index < -0.39 is 29.5 Å². The van der Waals surface area contributed by atoms with Crippen molar-refractivity contribution in [2.75, 3.05) is 13.1 Å². The van der Waals surface area contributed by atoms with E-state index in [1.165, 1.54) is 0 Å². The summed E-state index contributed by atoms with van der Waals surface area (Å²) in [7, 11) is 0. The highest BCUT2D eigenvalue weighted by atomic mass is 16.5. The molecule has 2 bridgehead atoms. The maximum Gasteiger partial charge on any atom is 0.310 e. The minimum Gasteiger partial charge on any atom is -0.481 e. The van der Waals surface area contributed by atoms with Crippen molar-refractivity contribution in [2.24, 2.45) is 11.8 Å². The lowest BCUT2D eigenvalue weighted by atomic mass is 9.77. The van der Waals surface area contributed by atoms with Crippen LogP contribution < -0.4 is 0 Å². The Labute approximate surface area is 144 Å². The number of hydrogen-bond acceptors (Lipinski definition) is 3. The van der Waals surface area contributed by atoms with Gasteiger partial charge in [0.2, 0.25) is 5.91 Å². The smallest absolute Gasteiger partial charge is 0.310 e. The normalized spacial score (nSPS) is 32.7. The van der Waals surface area contributed by atoms with Gasteiger partial charge in [-0.2, -0.15) is 0 Å². The average molecular weight is 338 g/mol. The molecule has 1 spiro atoms. The van der Waals surface area contributed by atoms with Gasteiger partial charge in [-0.05, 0) is 18.1 Å². The minimum absolute atomic E-state index is 0.0981. The van der Waals surface area contributed by atoms with Gasteiger partial charge in [0.1, 0.15) is 11.5 Å². The molecule has 0 radical (unpaired) electrons. The van der Waals surface area contributed by atoms with Crippen LogP contribution in [-0.4, -0.2) is 51.7 Å². The molecule has 0 saturated carbocycles. The highest BCUT2D eigenvalue weighted by Gasteiger charge is 2.66. The molecule has 1 aromatic carbocycles. The summed E-state index contributed by atoms with van der Waals surface area (Å²) in [6.07, 6.45) is 5.93. The lowest BCUT2D eigenvalue weighted by molar-refractivity contribution is -0.148. The molecule has 1 amide bonds. The fraction of sp³-hybridized carbons (Fsp3) is 0.368. The summed E-state index contributed by atoms with van der Waals surface area (Å²) in [5, 5.41) is 10.7. The van der Waals surface area contributed by atoms with Crippen LogP contribution in [0.25, 0.3) is 10.9 Å². The first-order valence-corrected chi connectivity index (χ1v) is 8.53. The number of carboxylic acid groups (broad SMARTS) is 1. The second-order valence-electron chi connectivity index (χ2n) is 7.11. The molecule has 4 unspecified atom stereocenters. The van der Waals surface area contributed by atoms with Crippen molar-refractivity contribution >= 4 is 22.8 Å². The van der Waals surface area contributed by atoms with Crippen LogP contribution in [0.5, 0.6) is 0 Å². The Morgan fingerprint density at radius 1 is 1.40 bits per heavy atom. The lowest BCUT2D eigenvalue weighted by Gasteiger charge is -2.21. The van der Waals surface area contributed by atoms with E-state index in [1.807, 2.05) is 30.5 Å². The number of ether oxygens (including phenoxy) is 1. The molecule has 3 aliphatic rings. The van der Waals surface area contributed by atoms with Crippen LogP contribution in [0.15, 0.2) is 42.6 Å². The summed E-state index contributed by atoms with van der Waals surface area (Å²) in [5.74, 6) is -2.41. The minimum atomic E-state index is -0.951. The van der Waals surface area contributed by atoms with E-state index in [-0.39, 0.29) is 5.91 Å². The number of fused-ring (bicyclic) bond motifs is 2. The van der Waals surface area contributed by atoms with Crippen molar-refractivity contribution in [1.82, 2.24) is 9.88 Å². The number of rotatable bonds is 4. The van der Waals surface area contributed by atoms with Crippen LogP contribution >= 0.6 is 0 Å². The van der Waals surface area contributed by atoms with Gasteiger partial charge in [0, 0.05) is 23.6 Å². The second kappa shape index (κ2) is 4.95. The van der Waals surface area contributed by atoms with E-state index in [2.05, 4.69) is 11.1 Å². The topological polar surface area (TPSA) is 82.6 Å². The maximum atomic E-state index is 12.9. The van der Waals surface area contributed by atoms with Crippen molar-refractivity contribution in [1.29, 1.82) is 0 Å². The largest absolute Gasteiger partial charge is 0.481 e. The molecular formula is C19H18N2O4. The molecule has 3 aliphatic heterocycles. The molecule has 2 saturated heterocycles. The third-order valence-corrected chi connectivity index (χ3v) is 5.79. The van der Waals surface area contributed by atoms with E-state index in [1.54, 1.807) is 11.0 Å². The van der Waals surface area contributed by atoms with Crippen LogP contribution in [0.4, 0.5) is 0 Å². The highest BCUT2D eigenvalue weighted by molar-refractivity contribution is 5.91. The Bertz CT molecular complexity index is 917. The number of nitrogens with one attached hydrogen (secondary N) is 1. The van der Waals surface area contributed by atoms with Crippen molar-refractivity contribution in [2.45, 2.75) is 18.1 Å². The van der Waals surface area contributed by atoms with Gasteiger partial charge in [0.05, 0.1) is 18.6 Å². The quantitative estimate of drug-likeness (QED) is 0.829. The predicted octanol–water partition coefficient (Wildman–Crippen LogP) is 1.58. The first kappa shape index (κ1) is 14.7. The molecule has 2 fully saturated rings. The SMILES string of the molecule is O=C(O)C1C2C=CC3(CN(CCc4c[nH]c5ccccc45)C(=O)C13)O2. The summed E-state index contributed by atoms with van der Waals surface area (Å²) >= 11 is 0. The number of para-hydroxylation sites is 1. The van der Waals surface area contributed by atoms with Crippen LogP contribution in [-0.2, 0) is 20.7 Å². The molecule has 5 rings (SSSR count). The molecule has 4 atom stereocenters. The Kier molecular flexibility index (Phi) is 2.92. The van der Waals surface area contributed by atoms with E-state index in [0.29, 0.717) is 13.1 Å². The van der Waals surface area contributed by atoms with E-state index >= 15 is 0 Å². The molecule has 25 heavy (non-hydrogen) atoms. The predicted molar refractivity (Wildman–Crippen MR) is 89.9 cm³/mol. The van der Waals surface area contributed by atoms with Crippen molar-refractivity contribution in [3.63, 3.8) is 0 Å². The maximum absolute atomic E-state index is 12.9. The lowest BCUT2D eigenvalue weighted by Crippen LogP contribution is -2.39. The Morgan fingerprint density at radius 2 is 2.24 bits per heavy atom. The fourth-order valence-electron chi connectivity index (χ4n) is 4.64. The van der Waals surface area contributed by atoms with Crippen LogP contribution in [0.3, 0.4) is 0 Å². The van der Waals surface area contributed by atoms with Gasteiger partial charge in [0.15, 0.2) is 0 Å². The van der Waals surface area contributed by atoms with Crippen molar-refractivity contribution < 1.29 is 19.4 Å². The number of carbonyl (C=O) groups is 2. The van der Waals surface area contributed by atoms with Gasteiger partial charge < -0.3 is 19.7 Å². The van der Waals surface area contributed by atoms with Gasteiger partial charge in [-0.15, -0.1) is 0 Å². The molecular weight excluding hydrogens is 320 g/mol. The standard InChI is InChI=1S/C19H18N2O4/c22-17-16-15(18(23)24)14-5-7-19(16,25-14)10-21(17)8-6-11-9-20-13-4-2-1-3-12(11)13/h1-5,7,9,14-16,20H,6,8,10H2,(H,23,24). The molecule has 4 heterocycles. The summed E-state index contributed by atoms with van der Waals surface area (Å²) in [4.78, 5) is 29.4. The molecule has 128 valence electrons. The zero-order valence-corrected chi connectivity index (χ0v) is 13.5. The second-order valence-corrected chi connectivity index (χ2v) is 7.11. The summed E-state index contributed by atoms with van der Waals surface area (Å²) in [5.41, 5.74) is 1.50. The molecule has 1 aromatic heterocycles. The van der Waals surface area contributed by atoms with Crippen LogP contribution in [0.2, 0.25) is 0 Å². The summed E-state index contributed by atoms with van der Waals surface area (Å²) in [6.45, 7) is 1.00. The Morgan fingerprint density at radius 3 is 3.08 bits per heavy atom. The number of likely N-dealkylation sites (tertiary alicyclic amines) is 1. The Balaban J connectivity index is 1.37. The van der Waals surface area contributed by atoms with Gasteiger partial charge in [0.25, 0.3) is 0 Å². The van der Waals surface area contributed by atoms with Gasteiger partial charge in [-0.3, -0.25) is 9.59 Å². The monoisotopic (exact) mass is 338 g/mol. The van der Waals surface area contributed by atoms with Crippen molar-refractivity contribution in [3.8, 4) is 0 Å². The van der Waals surface area contributed by atoms with Crippen molar-refractivity contribution in [3.05, 3.63) is 48.2 Å². The third-order valence-electron chi connectivity index (χ3n) is 5.79. The molecule has 2 N–H and O–H groups in total. The number of carboxylic acids is 1. The molecule has 0 aliphatic carbocycles. The summed E-state index contributed by atoms with van der Waals surface area (Å²) in [6, 6.07) is 8.07. The van der Waals surface area contributed by atoms with E-state index in [0.717, 1.165) is 22.9 Å². The molecule has 6 nitrogen and oxygen atoms in total. The number of carbonyl (C=O) groups excluding carboxylic acids is 1. The number of H-pyrrole nitrogens is 1. The fourth-order valence-corrected chi connectivity index (χ4v) is 4.64. The molecule has 2 aromatic rings. The number of aromatic nitrogens is 1. The number of benzene rings is 1. The average Bonchev–Trinajstić information content (AvgIpc) is 3.33. The zero-order valence-electron chi connectivity index (χ0n) is 13.5.